The fraction of sp³-hybridized carbons (Fsp3) is 0.500. The van der Waals surface area contributed by atoms with Gasteiger partial charge >= 0.3 is 5.95 Å². The van der Waals surface area contributed by atoms with Crippen molar-refractivity contribution in [3.8, 4) is 5.95 Å². The van der Waals surface area contributed by atoms with Crippen LogP contribution in [0.5, 0.6) is 5.95 Å². The second-order valence-corrected chi connectivity index (χ2v) is 1.66. The van der Waals surface area contributed by atoms with Gasteiger partial charge in [0.05, 0.1) is 6.61 Å². The average molecular weight is 143 g/mol. The number of ether oxygens (including phenoxy) is 1. The van der Waals surface area contributed by atoms with Gasteiger partial charge < -0.3 is 14.3 Å². The summed E-state index contributed by atoms with van der Waals surface area (Å²) < 4.78 is 9.84. The zero-order valence-corrected chi connectivity index (χ0v) is 5.70. The number of hydrogen-bond donors (Lipinski definition) is 1. The molecule has 0 spiro atoms. The molecule has 0 aliphatic heterocycles. The van der Waals surface area contributed by atoms with E-state index in [0.717, 1.165) is 0 Å². The number of oxazole rings is 1. The Hall–Kier alpha value is -1.03. The van der Waals surface area contributed by atoms with Gasteiger partial charge in [-0.15, -0.1) is 0 Å². The van der Waals surface area contributed by atoms with Gasteiger partial charge in [-0.05, 0) is 6.92 Å². The lowest BCUT2D eigenvalue weighted by atomic mass is 10.7. The third-order valence-electron chi connectivity index (χ3n) is 0.954. The molecule has 0 radical (unpaired) electrons. The highest BCUT2D eigenvalue weighted by molar-refractivity contribution is 4.98. The molecular weight excluding hydrogens is 134 g/mol. The van der Waals surface area contributed by atoms with Gasteiger partial charge in [0.1, 0.15) is 12.8 Å². The van der Waals surface area contributed by atoms with Crippen LogP contribution in [0.4, 0.5) is 0 Å². The summed E-state index contributed by atoms with van der Waals surface area (Å²) in [4.78, 5) is 3.71. The van der Waals surface area contributed by atoms with E-state index >= 15 is 0 Å². The summed E-state index contributed by atoms with van der Waals surface area (Å²) in [7, 11) is 0. The lowest BCUT2D eigenvalue weighted by molar-refractivity contribution is 0.206. The van der Waals surface area contributed by atoms with Crippen molar-refractivity contribution in [3.63, 3.8) is 0 Å². The molecule has 0 saturated carbocycles. The Bertz CT molecular complexity index is 197. The summed E-state index contributed by atoms with van der Waals surface area (Å²) in [6.07, 6.45) is 1.44. The van der Waals surface area contributed by atoms with Crippen molar-refractivity contribution >= 4 is 0 Å². The first-order valence-corrected chi connectivity index (χ1v) is 3.05. The largest absolute Gasteiger partial charge is 0.464 e. The summed E-state index contributed by atoms with van der Waals surface area (Å²) in [5.41, 5.74) is 0. The van der Waals surface area contributed by atoms with Crippen LogP contribution in [0.3, 0.4) is 0 Å². The van der Waals surface area contributed by atoms with Crippen LogP contribution in [0.2, 0.25) is 0 Å². The summed E-state index contributed by atoms with van der Waals surface area (Å²) in [6.45, 7) is 2.20. The maximum absolute atomic E-state index is 8.51. The SMILES string of the molecule is CCOc1cnc(CO)o1. The van der Waals surface area contributed by atoms with Crippen LogP contribution in [-0.4, -0.2) is 16.7 Å². The molecular formula is C6H9NO3. The van der Waals surface area contributed by atoms with Crippen LogP contribution >= 0.6 is 0 Å². The van der Waals surface area contributed by atoms with E-state index in [1.54, 1.807) is 0 Å². The van der Waals surface area contributed by atoms with Gasteiger partial charge in [0.15, 0.2) is 0 Å². The predicted octanol–water partition coefficient (Wildman–Crippen LogP) is 0.566. The van der Waals surface area contributed by atoms with Crippen molar-refractivity contribution in [1.29, 1.82) is 0 Å². The van der Waals surface area contributed by atoms with E-state index in [1.807, 2.05) is 6.92 Å². The van der Waals surface area contributed by atoms with E-state index < -0.39 is 0 Å². The lowest BCUT2D eigenvalue weighted by Crippen LogP contribution is -1.88. The van der Waals surface area contributed by atoms with Crippen molar-refractivity contribution in [3.05, 3.63) is 12.1 Å². The highest BCUT2D eigenvalue weighted by Crippen LogP contribution is 2.11. The van der Waals surface area contributed by atoms with Crippen LogP contribution in [0, 0.1) is 0 Å². The Morgan fingerprint density at radius 3 is 3.10 bits per heavy atom. The van der Waals surface area contributed by atoms with E-state index in [2.05, 4.69) is 4.98 Å². The molecule has 1 rings (SSSR count). The quantitative estimate of drug-likeness (QED) is 0.671. The van der Waals surface area contributed by atoms with Gasteiger partial charge in [-0.1, -0.05) is 0 Å². The number of nitrogens with zero attached hydrogens (tertiary/aromatic N) is 1. The molecule has 4 heteroatoms. The number of rotatable bonds is 3. The van der Waals surface area contributed by atoms with Crippen molar-refractivity contribution in [2.75, 3.05) is 6.61 Å². The zero-order chi connectivity index (χ0) is 7.40. The molecule has 0 fully saturated rings. The van der Waals surface area contributed by atoms with Crippen molar-refractivity contribution in [1.82, 2.24) is 4.98 Å². The van der Waals surface area contributed by atoms with Crippen LogP contribution in [-0.2, 0) is 6.61 Å². The maximum Gasteiger partial charge on any atom is 0.305 e. The molecule has 0 saturated heterocycles. The molecule has 1 N–H and O–H groups in total. The first kappa shape index (κ1) is 7.08. The molecule has 0 aliphatic rings. The lowest BCUT2D eigenvalue weighted by Gasteiger charge is -1.92. The third kappa shape index (κ3) is 1.48. The van der Waals surface area contributed by atoms with Gasteiger partial charge in [0.2, 0.25) is 5.89 Å². The Morgan fingerprint density at radius 2 is 2.60 bits per heavy atom. The van der Waals surface area contributed by atoms with E-state index in [1.165, 1.54) is 6.20 Å². The fourth-order valence-corrected chi connectivity index (χ4v) is 0.576. The van der Waals surface area contributed by atoms with Gasteiger partial charge in [0, 0.05) is 0 Å². The molecule has 0 unspecified atom stereocenters. The normalized spacial score (nSPS) is 9.80. The average Bonchev–Trinajstić information content (AvgIpc) is 2.37. The van der Waals surface area contributed by atoms with Gasteiger partial charge in [-0.2, -0.15) is 0 Å². The van der Waals surface area contributed by atoms with Crippen LogP contribution in [0.15, 0.2) is 10.6 Å². The van der Waals surface area contributed by atoms with E-state index in [4.69, 9.17) is 14.3 Å². The maximum atomic E-state index is 8.51. The highest BCUT2D eigenvalue weighted by atomic mass is 16.6. The molecule has 4 nitrogen and oxygen atoms in total. The minimum absolute atomic E-state index is 0.187. The summed E-state index contributed by atoms with van der Waals surface area (Å²) >= 11 is 0. The first-order valence-electron chi connectivity index (χ1n) is 3.05. The molecule has 1 heterocycles. The van der Waals surface area contributed by atoms with Crippen LogP contribution < -0.4 is 4.74 Å². The minimum atomic E-state index is -0.187. The second-order valence-electron chi connectivity index (χ2n) is 1.66. The Morgan fingerprint density at radius 1 is 1.80 bits per heavy atom. The molecule has 0 bridgehead atoms. The van der Waals surface area contributed by atoms with Crippen molar-refractivity contribution in [2.24, 2.45) is 0 Å². The zero-order valence-electron chi connectivity index (χ0n) is 5.70. The monoisotopic (exact) mass is 143 g/mol. The summed E-state index contributed by atoms with van der Waals surface area (Å²) in [5.74, 6) is 0.634. The van der Waals surface area contributed by atoms with Crippen LogP contribution in [0.1, 0.15) is 12.8 Å². The van der Waals surface area contributed by atoms with Gasteiger partial charge in [-0.25, -0.2) is 4.98 Å². The number of aromatic nitrogens is 1. The second kappa shape index (κ2) is 3.22. The Labute approximate surface area is 58.4 Å². The molecule has 1 aromatic heterocycles. The molecule has 0 amide bonds. The molecule has 0 aliphatic carbocycles. The highest BCUT2D eigenvalue weighted by Gasteiger charge is 2.00. The molecule has 0 atom stereocenters. The van der Waals surface area contributed by atoms with Gasteiger partial charge in [0.25, 0.3) is 0 Å². The Balaban J connectivity index is 2.59. The molecule has 10 heavy (non-hydrogen) atoms. The predicted molar refractivity (Wildman–Crippen MR) is 33.6 cm³/mol. The van der Waals surface area contributed by atoms with Crippen molar-refractivity contribution < 1.29 is 14.3 Å². The van der Waals surface area contributed by atoms with E-state index in [-0.39, 0.29) is 12.5 Å². The fourth-order valence-electron chi connectivity index (χ4n) is 0.576. The van der Waals surface area contributed by atoms with Crippen molar-refractivity contribution in [2.45, 2.75) is 13.5 Å². The number of aliphatic hydroxyl groups is 1. The molecule has 56 valence electrons. The smallest absolute Gasteiger partial charge is 0.305 e. The minimum Gasteiger partial charge on any atom is -0.464 e. The van der Waals surface area contributed by atoms with Gasteiger partial charge in [-0.3, -0.25) is 0 Å². The Kier molecular flexibility index (Phi) is 2.28. The molecule has 1 aromatic rings. The number of aliphatic hydroxyl groups excluding tert-OH is 1. The van der Waals surface area contributed by atoms with Crippen LogP contribution in [0.25, 0.3) is 0 Å². The first-order chi connectivity index (χ1) is 4.86. The van der Waals surface area contributed by atoms with E-state index in [0.29, 0.717) is 12.6 Å². The summed E-state index contributed by atoms with van der Waals surface area (Å²) in [6, 6.07) is 0. The number of hydrogen-bond acceptors (Lipinski definition) is 4. The van der Waals surface area contributed by atoms with E-state index in [9.17, 15) is 0 Å². The standard InChI is InChI=1S/C6H9NO3/c1-2-9-6-3-7-5(4-8)10-6/h3,8H,2,4H2,1H3. The third-order valence-corrected chi connectivity index (χ3v) is 0.954. The molecule has 0 aromatic carbocycles. The summed E-state index contributed by atoms with van der Waals surface area (Å²) in [5, 5.41) is 8.51. The topological polar surface area (TPSA) is 55.5 Å².